The predicted molar refractivity (Wildman–Crippen MR) is 83.7 cm³/mol. The van der Waals surface area contributed by atoms with Gasteiger partial charge >= 0.3 is 6.18 Å². The van der Waals surface area contributed by atoms with E-state index in [0.29, 0.717) is 13.1 Å². The third kappa shape index (κ3) is 5.08. The van der Waals surface area contributed by atoms with Crippen molar-refractivity contribution >= 4 is 0 Å². The fourth-order valence-corrected chi connectivity index (χ4v) is 2.45. The van der Waals surface area contributed by atoms with Gasteiger partial charge in [-0.2, -0.15) is 13.2 Å². The number of hydrogen-bond donors (Lipinski definition) is 1. The number of halogens is 3. The Bertz CT molecular complexity index is 545. The summed E-state index contributed by atoms with van der Waals surface area (Å²) >= 11 is 0. The number of nitrogens with zero attached hydrogens (tertiary/aromatic N) is 1. The maximum absolute atomic E-state index is 12.9. The molecule has 2 aromatic carbocycles. The molecule has 0 bridgehead atoms. The van der Waals surface area contributed by atoms with Gasteiger partial charge in [0.25, 0.3) is 0 Å². The van der Waals surface area contributed by atoms with E-state index in [1.807, 2.05) is 60.7 Å². The molecule has 0 radical (unpaired) electrons. The second kappa shape index (κ2) is 7.62. The van der Waals surface area contributed by atoms with Crippen LogP contribution in [0.25, 0.3) is 0 Å². The molecule has 2 nitrogen and oxygen atoms in total. The second-order valence-electron chi connectivity index (χ2n) is 5.60. The lowest BCUT2D eigenvalue weighted by Gasteiger charge is -2.33. The molecule has 5 heteroatoms. The van der Waals surface area contributed by atoms with Crippen molar-refractivity contribution in [2.75, 3.05) is 0 Å². The molecule has 0 aliphatic carbocycles. The number of benzene rings is 2. The lowest BCUT2D eigenvalue weighted by molar-refractivity contribution is -0.221. The first-order chi connectivity index (χ1) is 10.9. The Hall–Kier alpha value is -1.85. The molecular formula is C18H20F3NO. The highest BCUT2D eigenvalue weighted by atomic mass is 19.4. The normalized spacial score (nSPS) is 14.7. The average Bonchev–Trinajstić information content (AvgIpc) is 2.54. The van der Waals surface area contributed by atoms with Crippen molar-refractivity contribution in [3.8, 4) is 0 Å². The van der Waals surface area contributed by atoms with Crippen LogP contribution in [0.1, 0.15) is 18.1 Å². The summed E-state index contributed by atoms with van der Waals surface area (Å²) in [5.41, 5.74) is 1.81. The van der Waals surface area contributed by atoms with Gasteiger partial charge in [0, 0.05) is 19.1 Å². The zero-order valence-corrected chi connectivity index (χ0v) is 12.9. The van der Waals surface area contributed by atoms with Crippen LogP contribution in [0, 0.1) is 0 Å². The van der Waals surface area contributed by atoms with E-state index < -0.39 is 18.3 Å². The maximum atomic E-state index is 12.9. The number of hydrogen-bond acceptors (Lipinski definition) is 2. The zero-order chi connectivity index (χ0) is 16.9. The molecule has 1 N–H and O–H groups in total. The molecule has 2 atom stereocenters. The molecule has 0 aliphatic heterocycles. The molecule has 0 aromatic heterocycles. The van der Waals surface area contributed by atoms with Gasteiger partial charge in [0.1, 0.15) is 0 Å². The van der Waals surface area contributed by atoms with E-state index in [1.165, 1.54) is 6.92 Å². The Balaban J connectivity index is 2.20. The molecule has 0 unspecified atom stereocenters. The fourth-order valence-electron chi connectivity index (χ4n) is 2.45. The first-order valence-corrected chi connectivity index (χ1v) is 7.44. The summed E-state index contributed by atoms with van der Waals surface area (Å²) in [7, 11) is 0. The van der Waals surface area contributed by atoms with E-state index in [-0.39, 0.29) is 0 Å². The number of rotatable bonds is 6. The van der Waals surface area contributed by atoms with E-state index in [0.717, 1.165) is 11.1 Å². The summed E-state index contributed by atoms with van der Waals surface area (Å²) in [6, 6.07) is 17.5. The summed E-state index contributed by atoms with van der Waals surface area (Å²) in [5, 5.41) is 9.61. The van der Waals surface area contributed by atoms with E-state index in [2.05, 4.69) is 0 Å². The first-order valence-electron chi connectivity index (χ1n) is 7.44. The summed E-state index contributed by atoms with van der Waals surface area (Å²) in [5.74, 6) is 0. The van der Waals surface area contributed by atoms with Crippen LogP contribution in [-0.4, -0.2) is 28.3 Å². The smallest absolute Gasteiger partial charge is 0.382 e. The summed E-state index contributed by atoms with van der Waals surface area (Å²) in [6.45, 7) is 2.08. The van der Waals surface area contributed by atoms with Crippen LogP contribution in [0.15, 0.2) is 60.7 Å². The Labute approximate surface area is 134 Å². The van der Waals surface area contributed by atoms with Gasteiger partial charge in [-0.3, -0.25) is 4.90 Å². The van der Waals surface area contributed by atoms with Crippen molar-refractivity contribution in [3.05, 3.63) is 71.8 Å². The van der Waals surface area contributed by atoms with Crippen molar-refractivity contribution in [3.63, 3.8) is 0 Å². The molecule has 0 amide bonds. The second-order valence-corrected chi connectivity index (χ2v) is 5.60. The van der Waals surface area contributed by atoms with E-state index in [4.69, 9.17) is 0 Å². The quantitative estimate of drug-likeness (QED) is 0.868. The van der Waals surface area contributed by atoms with Crippen molar-refractivity contribution in [2.24, 2.45) is 0 Å². The number of aliphatic hydroxyl groups excluding tert-OH is 1. The van der Waals surface area contributed by atoms with Gasteiger partial charge in [-0.15, -0.1) is 0 Å². The van der Waals surface area contributed by atoms with Crippen LogP contribution in [0.3, 0.4) is 0 Å². The highest BCUT2D eigenvalue weighted by molar-refractivity contribution is 5.17. The number of aliphatic hydroxyl groups is 1. The van der Waals surface area contributed by atoms with Crippen molar-refractivity contribution in [1.29, 1.82) is 0 Å². The van der Waals surface area contributed by atoms with Crippen LogP contribution in [0.5, 0.6) is 0 Å². The molecule has 2 aromatic rings. The molecule has 0 heterocycles. The lowest BCUT2D eigenvalue weighted by Crippen LogP contribution is -2.47. The van der Waals surface area contributed by atoms with Gasteiger partial charge in [0.2, 0.25) is 0 Å². The summed E-state index contributed by atoms with van der Waals surface area (Å²) in [4.78, 5) is 1.64. The van der Waals surface area contributed by atoms with Gasteiger partial charge in [0.15, 0.2) is 6.10 Å². The molecule has 0 spiro atoms. The van der Waals surface area contributed by atoms with Crippen molar-refractivity contribution < 1.29 is 18.3 Å². The van der Waals surface area contributed by atoms with Crippen molar-refractivity contribution in [1.82, 2.24) is 4.90 Å². The van der Waals surface area contributed by atoms with E-state index in [1.54, 1.807) is 4.90 Å². The van der Waals surface area contributed by atoms with Crippen LogP contribution in [-0.2, 0) is 13.1 Å². The van der Waals surface area contributed by atoms with Gasteiger partial charge in [-0.25, -0.2) is 0 Å². The lowest BCUT2D eigenvalue weighted by atomic mass is 10.1. The zero-order valence-electron chi connectivity index (χ0n) is 12.9. The van der Waals surface area contributed by atoms with Crippen LogP contribution < -0.4 is 0 Å². The Kier molecular flexibility index (Phi) is 5.80. The van der Waals surface area contributed by atoms with Gasteiger partial charge in [0.05, 0.1) is 0 Å². The van der Waals surface area contributed by atoms with Gasteiger partial charge < -0.3 is 5.11 Å². The Morgan fingerprint density at radius 3 is 1.61 bits per heavy atom. The Morgan fingerprint density at radius 2 is 1.26 bits per heavy atom. The molecule has 0 aliphatic rings. The molecule has 0 saturated carbocycles. The fraction of sp³-hybridized carbons (Fsp3) is 0.333. The van der Waals surface area contributed by atoms with E-state index in [9.17, 15) is 18.3 Å². The minimum atomic E-state index is -4.63. The average molecular weight is 323 g/mol. The highest BCUT2D eigenvalue weighted by Crippen LogP contribution is 2.26. The van der Waals surface area contributed by atoms with E-state index >= 15 is 0 Å². The van der Waals surface area contributed by atoms with Crippen molar-refractivity contribution in [2.45, 2.75) is 38.3 Å². The van der Waals surface area contributed by atoms with Crippen LogP contribution in [0.4, 0.5) is 13.2 Å². The summed E-state index contributed by atoms with van der Waals surface area (Å²) < 4.78 is 38.6. The SMILES string of the molecule is C[C@@H]([C@@H](O)C(F)(F)F)N(Cc1ccccc1)Cc1ccccc1. The predicted octanol–water partition coefficient (Wildman–Crippen LogP) is 4.00. The van der Waals surface area contributed by atoms with Crippen LogP contribution >= 0.6 is 0 Å². The first kappa shape index (κ1) is 17.5. The topological polar surface area (TPSA) is 23.5 Å². The monoisotopic (exact) mass is 323 g/mol. The minimum absolute atomic E-state index is 0.337. The third-order valence-corrected chi connectivity index (χ3v) is 3.83. The minimum Gasteiger partial charge on any atom is -0.382 e. The molecule has 124 valence electrons. The van der Waals surface area contributed by atoms with Gasteiger partial charge in [-0.05, 0) is 18.1 Å². The largest absolute Gasteiger partial charge is 0.415 e. The third-order valence-electron chi connectivity index (χ3n) is 3.83. The molecule has 2 rings (SSSR count). The standard InChI is InChI=1S/C18H20F3NO/c1-14(17(23)18(19,20)21)22(12-15-8-4-2-5-9-15)13-16-10-6-3-7-11-16/h2-11,14,17,23H,12-13H2,1H3/t14-,17+/m0/s1. The highest BCUT2D eigenvalue weighted by Gasteiger charge is 2.43. The Morgan fingerprint density at radius 1 is 0.870 bits per heavy atom. The molecule has 23 heavy (non-hydrogen) atoms. The van der Waals surface area contributed by atoms with Gasteiger partial charge in [-0.1, -0.05) is 60.7 Å². The molecule has 0 fully saturated rings. The number of alkyl halides is 3. The molecular weight excluding hydrogens is 303 g/mol. The summed E-state index contributed by atoms with van der Waals surface area (Å²) in [6.07, 6.45) is -7.01. The van der Waals surface area contributed by atoms with Crippen LogP contribution in [0.2, 0.25) is 0 Å². The molecule has 0 saturated heterocycles. The maximum Gasteiger partial charge on any atom is 0.415 e.